The van der Waals surface area contributed by atoms with Crippen molar-refractivity contribution in [1.82, 2.24) is 10.3 Å². The van der Waals surface area contributed by atoms with Gasteiger partial charge in [0.15, 0.2) is 0 Å². The Hall–Kier alpha value is -1.81. The number of pyridine rings is 1. The molecule has 0 spiro atoms. The van der Waals surface area contributed by atoms with Crippen molar-refractivity contribution in [2.75, 3.05) is 37.4 Å². The van der Waals surface area contributed by atoms with E-state index in [4.69, 9.17) is 4.98 Å². The summed E-state index contributed by atoms with van der Waals surface area (Å²) in [6.45, 7) is 4.39. The van der Waals surface area contributed by atoms with Crippen LogP contribution in [-0.2, 0) is 6.42 Å². The fraction of sp³-hybridized carbons (Fsp3) is 0.500. The van der Waals surface area contributed by atoms with Crippen molar-refractivity contribution in [3.8, 4) is 0 Å². The normalized spacial score (nSPS) is 16.0. The lowest BCUT2D eigenvalue weighted by molar-refractivity contribution is 0.479. The van der Waals surface area contributed by atoms with Gasteiger partial charge in [0.1, 0.15) is 5.82 Å². The van der Waals surface area contributed by atoms with Crippen LogP contribution in [0.3, 0.4) is 0 Å². The number of piperidine rings is 1. The number of hydrogen-bond acceptors (Lipinski definition) is 4. The summed E-state index contributed by atoms with van der Waals surface area (Å²) in [4.78, 5) is 6.79. The first-order valence-corrected chi connectivity index (χ1v) is 8.25. The summed E-state index contributed by atoms with van der Waals surface area (Å²) >= 11 is 0. The van der Waals surface area contributed by atoms with Crippen LogP contribution in [0.15, 0.2) is 24.4 Å². The van der Waals surface area contributed by atoms with Crippen LogP contribution in [0.25, 0.3) is 10.8 Å². The number of hydrogen-bond donors (Lipinski definition) is 2. The second-order valence-corrected chi connectivity index (χ2v) is 6.29. The number of fused-ring (bicyclic) bond motifs is 1. The third-order valence-electron chi connectivity index (χ3n) is 4.46. The van der Waals surface area contributed by atoms with Gasteiger partial charge in [0.25, 0.3) is 0 Å². The van der Waals surface area contributed by atoms with Gasteiger partial charge in [0.2, 0.25) is 0 Å². The first-order valence-electron chi connectivity index (χ1n) is 8.25. The van der Waals surface area contributed by atoms with Crippen molar-refractivity contribution >= 4 is 22.3 Å². The van der Waals surface area contributed by atoms with Gasteiger partial charge in [-0.15, -0.1) is 0 Å². The maximum absolute atomic E-state index is 4.70. The molecule has 1 aromatic heterocycles. The van der Waals surface area contributed by atoms with E-state index in [9.17, 15) is 0 Å². The van der Waals surface area contributed by atoms with Crippen LogP contribution in [0, 0.1) is 0 Å². The summed E-state index contributed by atoms with van der Waals surface area (Å²) in [5.41, 5.74) is 2.52. The first-order chi connectivity index (χ1) is 10.7. The molecule has 0 saturated carbocycles. The predicted octanol–water partition coefficient (Wildman–Crippen LogP) is 3.03. The lowest BCUT2D eigenvalue weighted by Crippen LogP contribution is -2.35. The van der Waals surface area contributed by atoms with Crippen molar-refractivity contribution in [2.45, 2.75) is 32.2 Å². The molecule has 0 aliphatic carbocycles. The third kappa shape index (κ3) is 3.02. The lowest BCUT2D eigenvalue weighted by Gasteiger charge is -2.26. The van der Waals surface area contributed by atoms with Crippen LogP contribution in [0.4, 0.5) is 11.5 Å². The monoisotopic (exact) mass is 298 g/mol. The molecular formula is C18H26N4. The molecule has 0 atom stereocenters. The number of aryl methyl sites for hydroxylation is 1. The quantitative estimate of drug-likeness (QED) is 0.910. The Balaban J connectivity index is 2.01. The van der Waals surface area contributed by atoms with E-state index in [0.29, 0.717) is 6.04 Å². The number of nitrogens with one attached hydrogen (secondary N) is 2. The van der Waals surface area contributed by atoms with E-state index in [-0.39, 0.29) is 0 Å². The molecule has 0 unspecified atom stereocenters. The zero-order valence-corrected chi connectivity index (χ0v) is 13.8. The summed E-state index contributed by atoms with van der Waals surface area (Å²) in [7, 11) is 4.11. The van der Waals surface area contributed by atoms with Gasteiger partial charge >= 0.3 is 0 Å². The summed E-state index contributed by atoms with van der Waals surface area (Å²) < 4.78 is 0. The maximum atomic E-state index is 4.70. The molecule has 1 aliphatic heterocycles. The molecule has 4 heteroatoms. The van der Waals surface area contributed by atoms with E-state index in [1.807, 2.05) is 6.20 Å². The van der Waals surface area contributed by atoms with Crippen LogP contribution in [0.2, 0.25) is 0 Å². The number of benzene rings is 1. The Labute approximate surface area is 132 Å². The SMILES string of the molecule is CCc1ccc2c(NC3CCNCC3)cnc(N(C)C)c2c1. The Kier molecular flexibility index (Phi) is 4.48. The minimum atomic E-state index is 0.544. The van der Waals surface area contributed by atoms with Crippen molar-refractivity contribution < 1.29 is 0 Å². The molecule has 22 heavy (non-hydrogen) atoms. The topological polar surface area (TPSA) is 40.2 Å². The van der Waals surface area contributed by atoms with Gasteiger partial charge in [0.05, 0.1) is 11.9 Å². The predicted molar refractivity (Wildman–Crippen MR) is 95.0 cm³/mol. The van der Waals surface area contributed by atoms with Crippen LogP contribution >= 0.6 is 0 Å². The van der Waals surface area contributed by atoms with Crippen molar-refractivity contribution in [3.63, 3.8) is 0 Å². The Bertz CT molecular complexity index is 645. The Morgan fingerprint density at radius 2 is 2.00 bits per heavy atom. The highest BCUT2D eigenvalue weighted by atomic mass is 15.1. The zero-order valence-electron chi connectivity index (χ0n) is 13.8. The third-order valence-corrected chi connectivity index (χ3v) is 4.46. The van der Waals surface area contributed by atoms with E-state index >= 15 is 0 Å². The van der Waals surface area contributed by atoms with Gasteiger partial charge in [-0.25, -0.2) is 4.98 Å². The van der Waals surface area contributed by atoms with Crippen LogP contribution in [-0.4, -0.2) is 38.2 Å². The van der Waals surface area contributed by atoms with Crippen molar-refractivity contribution in [3.05, 3.63) is 30.0 Å². The number of rotatable bonds is 4. The minimum absolute atomic E-state index is 0.544. The highest BCUT2D eigenvalue weighted by Crippen LogP contribution is 2.31. The molecular weight excluding hydrogens is 272 g/mol. The van der Waals surface area contributed by atoms with Gasteiger partial charge in [-0.1, -0.05) is 19.1 Å². The molecule has 4 nitrogen and oxygen atoms in total. The van der Waals surface area contributed by atoms with Gasteiger partial charge in [-0.3, -0.25) is 0 Å². The molecule has 118 valence electrons. The lowest BCUT2D eigenvalue weighted by atomic mass is 10.0. The maximum Gasteiger partial charge on any atom is 0.136 e. The van der Waals surface area contributed by atoms with Crippen LogP contribution in [0.5, 0.6) is 0 Å². The van der Waals surface area contributed by atoms with E-state index in [2.05, 4.69) is 54.8 Å². The van der Waals surface area contributed by atoms with Crippen molar-refractivity contribution in [1.29, 1.82) is 0 Å². The molecule has 1 fully saturated rings. The number of anilines is 2. The Morgan fingerprint density at radius 1 is 1.23 bits per heavy atom. The summed E-state index contributed by atoms with van der Waals surface area (Å²) in [5.74, 6) is 1.04. The summed E-state index contributed by atoms with van der Waals surface area (Å²) in [5, 5.41) is 9.63. The second kappa shape index (κ2) is 6.53. The fourth-order valence-electron chi connectivity index (χ4n) is 3.15. The average Bonchev–Trinajstić information content (AvgIpc) is 2.55. The van der Waals surface area contributed by atoms with E-state index < -0.39 is 0 Å². The molecule has 1 aromatic carbocycles. The standard InChI is InChI=1S/C18H26N4/c1-4-13-5-6-15-16(11-13)18(22(2)3)20-12-17(15)21-14-7-9-19-10-8-14/h5-6,11-12,14,19,21H,4,7-10H2,1-3H3. The summed E-state index contributed by atoms with van der Waals surface area (Å²) in [6.07, 6.45) is 5.38. The van der Waals surface area contributed by atoms with Gasteiger partial charge < -0.3 is 15.5 Å². The van der Waals surface area contributed by atoms with E-state index in [1.165, 1.54) is 29.2 Å². The molecule has 0 radical (unpaired) electrons. The molecule has 3 rings (SSSR count). The number of nitrogens with zero attached hydrogens (tertiary/aromatic N) is 2. The minimum Gasteiger partial charge on any atom is -0.380 e. The van der Waals surface area contributed by atoms with E-state index in [1.54, 1.807) is 0 Å². The molecule has 1 saturated heterocycles. The van der Waals surface area contributed by atoms with Crippen LogP contribution < -0.4 is 15.5 Å². The van der Waals surface area contributed by atoms with Gasteiger partial charge in [-0.2, -0.15) is 0 Å². The highest BCUT2D eigenvalue weighted by molar-refractivity contribution is 6.00. The molecule has 2 aromatic rings. The largest absolute Gasteiger partial charge is 0.380 e. The fourth-order valence-corrected chi connectivity index (χ4v) is 3.15. The smallest absolute Gasteiger partial charge is 0.136 e. The molecule has 0 amide bonds. The summed E-state index contributed by atoms with van der Waals surface area (Å²) in [6, 6.07) is 7.30. The Morgan fingerprint density at radius 3 is 2.68 bits per heavy atom. The second-order valence-electron chi connectivity index (χ2n) is 6.29. The van der Waals surface area contributed by atoms with Crippen LogP contribution in [0.1, 0.15) is 25.3 Å². The number of aromatic nitrogens is 1. The van der Waals surface area contributed by atoms with E-state index in [0.717, 1.165) is 31.0 Å². The average molecular weight is 298 g/mol. The van der Waals surface area contributed by atoms with Crippen molar-refractivity contribution in [2.24, 2.45) is 0 Å². The first kappa shape index (κ1) is 15.1. The molecule has 1 aliphatic rings. The molecule has 2 N–H and O–H groups in total. The highest BCUT2D eigenvalue weighted by Gasteiger charge is 2.15. The molecule has 0 bridgehead atoms. The molecule has 2 heterocycles. The van der Waals surface area contributed by atoms with Gasteiger partial charge in [0, 0.05) is 30.9 Å². The van der Waals surface area contributed by atoms with Gasteiger partial charge in [-0.05, 0) is 44.0 Å². The zero-order chi connectivity index (χ0) is 15.5.